The van der Waals surface area contributed by atoms with Crippen molar-refractivity contribution in [3.63, 3.8) is 0 Å². The number of aryl methyl sites for hydroxylation is 2. The summed E-state index contributed by atoms with van der Waals surface area (Å²) in [6.07, 6.45) is 4.73. The molecular weight excluding hydrogens is 338 g/mol. The lowest BCUT2D eigenvalue weighted by atomic mass is 10.1. The molecule has 2 heterocycles. The van der Waals surface area contributed by atoms with Gasteiger partial charge in [-0.2, -0.15) is 0 Å². The fraction of sp³-hybridized carbons (Fsp3) is 0.312. The van der Waals surface area contributed by atoms with Crippen LogP contribution in [0.15, 0.2) is 30.9 Å². The van der Waals surface area contributed by atoms with Crippen LogP contribution < -0.4 is 10.6 Å². The van der Waals surface area contributed by atoms with Gasteiger partial charge in [0, 0.05) is 18.7 Å². The molecule has 0 saturated carbocycles. The number of urea groups is 1. The highest BCUT2D eigenvalue weighted by Crippen LogP contribution is 2.20. The second kappa shape index (κ2) is 7.84. The molecule has 0 aliphatic rings. The fourth-order valence-corrected chi connectivity index (χ4v) is 3.08. The predicted octanol–water partition coefficient (Wildman–Crippen LogP) is 2.35. The second-order valence-electron chi connectivity index (χ2n) is 5.41. The Morgan fingerprint density at radius 3 is 2.72 bits per heavy atom. The van der Waals surface area contributed by atoms with Crippen LogP contribution in [0.25, 0.3) is 5.69 Å². The number of anilines is 1. The molecule has 2 N–H and O–H groups in total. The Morgan fingerprint density at radius 1 is 1.24 bits per heavy atom. The summed E-state index contributed by atoms with van der Waals surface area (Å²) in [4.78, 5) is 12.2. The Kier molecular flexibility index (Phi) is 5.34. The highest BCUT2D eigenvalue weighted by atomic mass is 32.1. The summed E-state index contributed by atoms with van der Waals surface area (Å²) >= 11 is 1.54. The van der Waals surface area contributed by atoms with Crippen LogP contribution in [0.2, 0.25) is 0 Å². The van der Waals surface area contributed by atoms with Gasteiger partial charge in [-0.05, 0) is 31.0 Å². The third kappa shape index (κ3) is 4.38. The molecule has 0 aliphatic heterocycles. The number of carbonyl (C=O) groups is 1. The van der Waals surface area contributed by atoms with Crippen molar-refractivity contribution in [3.05, 3.63) is 46.4 Å². The Hall–Kier alpha value is -2.81. The Balaban J connectivity index is 1.62. The summed E-state index contributed by atoms with van der Waals surface area (Å²) in [5.74, 6) is 0. The average Bonchev–Trinajstić information content (AvgIpc) is 3.27. The Bertz CT molecular complexity index is 844. The summed E-state index contributed by atoms with van der Waals surface area (Å²) in [5.41, 5.74) is 2.73. The van der Waals surface area contributed by atoms with E-state index in [1.807, 2.05) is 25.1 Å². The highest BCUT2D eigenvalue weighted by Gasteiger charge is 2.08. The number of hydrogen-bond acceptors (Lipinski definition) is 6. The minimum absolute atomic E-state index is 0.239. The van der Waals surface area contributed by atoms with Crippen LogP contribution in [0.4, 0.5) is 10.5 Å². The highest BCUT2D eigenvalue weighted by molar-refractivity contribution is 7.11. The number of aromatic nitrogens is 5. The number of hydrogen-bond donors (Lipinski definition) is 2. The molecule has 0 saturated heterocycles. The van der Waals surface area contributed by atoms with Gasteiger partial charge < -0.3 is 10.6 Å². The third-order valence-electron chi connectivity index (χ3n) is 3.63. The molecule has 0 radical (unpaired) electrons. The summed E-state index contributed by atoms with van der Waals surface area (Å²) < 4.78 is 1.79. The summed E-state index contributed by atoms with van der Waals surface area (Å²) in [6, 6.07) is 5.64. The van der Waals surface area contributed by atoms with Crippen LogP contribution in [-0.2, 0) is 12.8 Å². The molecule has 0 atom stereocenters. The van der Waals surface area contributed by atoms with Gasteiger partial charge >= 0.3 is 6.03 Å². The number of carbonyl (C=O) groups excluding carboxylic acids is 1. The molecule has 2 amide bonds. The molecule has 0 aliphatic carbocycles. The molecule has 130 valence electrons. The first-order chi connectivity index (χ1) is 12.2. The summed E-state index contributed by atoms with van der Waals surface area (Å²) in [7, 11) is 0. The molecule has 0 fully saturated rings. The van der Waals surface area contributed by atoms with E-state index in [0.717, 1.165) is 33.4 Å². The van der Waals surface area contributed by atoms with E-state index in [0.29, 0.717) is 13.0 Å². The van der Waals surface area contributed by atoms with Crippen molar-refractivity contribution < 1.29 is 4.79 Å². The van der Waals surface area contributed by atoms with Crippen LogP contribution >= 0.6 is 11.3 Å². The molecular formula is C16H19N7OS. The van der Waals surface area contributed by atoms with Gasteiger partial charge in [-0.25, -0.2) is 4.79 Å². The van der Waals surface area contributed by atoms with Gasteiger partial charge in [0.1, 0.15) is 22.7 Å². The van der Waals surface area contributed by atoms with E-state index in [4.69, 9.17) is 0 Å². The molecule has 8 nitrogen and oxygen atoms in total. The monoisotopic (exact) mass is 357 g/mol. The van der Waals surface area contributed by atoms with Gasteiger partial charge in [0.15, 0.2) is 0 Å². The van der Waals surface area contributed by atoms with Crippen LogP contribution in [0.1, 0.15) is 22.5 Å². The van der Waals surface area contributed by atoms with Gasteiger partial charge in [0.25, 0.3) is 0 Å². The lowest BCUT2D eigenvalue weighted by Gasteiger charge is -2.13. The maximum atomic E-state index is 12.2. The first kappa shape index (κ1) is 17.0. The molecule has 9 heteroatoms. The van der Waals surface area contributed by atoms with E-state index >= 15 is 0 Å². The third-order valence-corrected chi connectivity index (χ3v) is 4.53. The zero-order chi connectivity index (χ0) is 17.6. The normalized spacial score (nSPS) is 10.6. The van der Waals surface area contributed by atoms with Crippen molar-refractivity contribution in [2.24, 2.45) is 0 Å². The van der Waals surface area contributed by atoms with E-state index in [1.165, 1.54) is 0 Å². The standard InChI is InChI=1S/C16H19N7OS/c1-3-12-4-5-13(23-9-18-19-10-23)8-14(12)20-16(24)17-7-6-15-22-21-11(2)25-15/h4-5,8-10H,3,6-7H2,1-2H3,(H2,17,20,24). The smallest absolute Gasteiger partial charge is 0.319 e. The van der Waals surface area contributed by atoms with Crippen molar-refractivity contribution in [2.75, 3.05) is 11.9 Å². The lowest BCUT2D eigenvalue weighted by molar-refractivity contribution is 0.252. The van der Waals surface area contributed by atoms with Gasteiger partial charge in [-0.3, -0.25) is 4.57 Å². The Morgan fingerprint density at radius 2 is 2.04 bits per heavy atom. The molecule has 0 unspecified atom stereocenters. The van der Waals surface area contributed by atoms with Crippen molar-refractivity contribution in [2.45, 2.75) is 26.7 Å². The van der Waals surface area contributed by atoms with Crippen molar-refractivity contribution in [3.8, 4) is 5.69 Å². The average molecular weight is 357 g/mol. The maximum absolute atomic E-state index is 12.2. The number of amides is 2. The van der Waals surface area contributed by atoms with Crippen LogP contribution in [-0.4, -0.2) is 37.5 Å². The van der Waals surface area contributed by atoms with E-state index < -0.39 is 0 Å². The first-order valence-electron chi connectivity index (χ1n) is 7.97. The van der Waals surface area contributed by atoms with Crippen molar-refractivity contribution in [1.82, 2.24) is 30.3 Å². The zero-order valence-corrected chi connectivity index (χ0v) is 14.9. The fourth-order valence-electron chi connectivity index (χ4n) is 2.37. The number of nitrogens with zero attached hydrogens (tertiary/aromatic N) is 5. The molecule has 0 bridgehead atoms. The minimum atomic E-state index is -0.239. The molecule has 0 spiro atoms. The van der Waals surface area contributed by atoms with Gasteiger partial charge in [0.05, 0.1) is 5.69 Å². The topological polar surface area (TPSA) is 97.6 Å². The maximum Gasteiger partial charge on any atom is 0.319 e. The first-order valence-corrected chi connectivity index (χ1v) is 8.79. The predicted molar refractivity (Wildman–Crippen MR) is 96.1 cm³/mol. The molecule has 3 aromatic rings. The van der Waals surface area contributed by atoms with E-state index in [2.05, 4.69) is 38.0 Å². The minimum Gasteiger partial charge on any atom is -0.337 e. The van der Waals surface area contributed by atoms with Crippen molar-refractivity contribution >= 4 is 23.1 Å². The molecule has 3 rings (SSSR count). The van der Waals surface area contributed by atoms with Crippen LogP contribution in [0.3, 0.4) is 0 Å². The Labute approximate surface area is 149 Å². The summed E-state index contributed by atoms with van der Waals surface area (Å²) in [6.45, 7) is 4.47. The quantitative estimate of drug-likeness (QED) is 0.706. The molecule has 1 aromatic carbocycles. The number of benzene rings is 1. The zero-order valence-electron chi connectivity index (χ0n) is 14.1. The van der Waals surface area contributed by atoms with Crippen LogP contribution in [0.5, 0.6) is 0 Å². The van der Waals surface area contributed by atoms with Gasteiger partial charge in [-0.1, -0.05) is 13.0 Å². The lowest BCUT2D eigenvalue weighted by Crippen LogP contribution is -2.30. The van der Waals surface area contributed by atoms with Gasteiger partial charge in [-0.15, -0.1) is 31.7 Å². The largest absolute Gasteiger partial charge is 0.337 e. The summed E-state index contributed by atoms with van der Waals surface area (Å²) in [5, 5.41) is 23.2. The number of nitrogens with one attached hydrogen (secondary N) is 2. The number of rotatable bonds is 6. The van der Waals surface area contributed by atoms with Gasteiger partial charge in [0.2, 0.25) is 0 Å². The van der Waals surface area contributed by atoms with Crippen LogP contribution in [0, 0.1) is 6.92 Å². The van der Waals surface area contributed by atoms with E-state index in [-0.39, 0.29) is 6.03 Å². The van der Waals surface area contributed by atoms with Crippen molar-refractivity contribution in [1.29, 1.82) is 0 Å². The SMILES string of the molecule is CCc1ccc(-n2cnnc2)cc1NC(=O)NCCc1nnc(C)s1. The van der Waals surface area contributed by atoms with E-state index in [9.17, 15) is 4.79 Å². The second-order valence-corrected chi connectivity index (χ2v) is 6.68. The molecule has 25 heavy (non-hydrogen) atoms. The van der Waals surface area contributed by atoms with E-state index in [1.54, 1.807) is 28.6 Å². The molecule has 2 aromatic heterocycles.